The second-order valence-corrected chi connectivity index (χ2v) is 5.63. The van der Waals surface area contributed by atoms with E-state index >= 15 is 0 Å². The van der Waals surface area contributed by atoms with E-state index in [2.05, 4.69) is 10.1 Å². The van der Waals surface area contributed by atoms with Crippen LogP contribution in [0.25, 0.3) is 0 Å². The Morgan fingerprint density at radius 2 is 1.83 bits per heavy atom. The number of nitro groups is 1. The Labute approximate surface area is 162 Å². The third-order valence-electron chi connectivity index (χ3n) is 3.67. The van der Waals surface area contributed by atoms with Gasteiger partial charge in [-0.3, -0.25) is 14.9 Å². The number of carbonyl (C=O) groups excluding carboxylic acids is 1. The zero-order valence-electron chi connectivity index (χ0n) is 14.7. The maximum absolute atomic E-state index is 12.4. The van der Waals surface area contributed by atoms with E-state index in [0.29, 0.717) is 11.5 Å². The van der Waals surface area contributed by atoms with Crippen molar-refractivity contribution in [3.8, 4) is 11.5 Å². The molecule has 2 aromatic carbocycles. The number of nitrogens with one attached hydrogen (secondary N) is 1. The number of hydrogen-bond donors (Lipinski definition) is 1. The number of benzene rings is 2. The summed E-state index contributed by atoms with van der Waals surface area (Å²) in [6.07, 6.45) is 0. The third-order valence-corrected chi connectivity index (χ3v) is 3.67. The van der Waals surface area contributed by atoms with Crippen molar-refractivity contribution in [1.82, 2.24) is 0 Å². The minimum atomic E-state index is -3.03. The molecule has 0 aliphatic carbocycles. The Kier molecular flexibility index (Phi) is 6.03. The molecule has 1 heterocycles. The van der Waals surface area contributed by atoms with Gasteiger partial charge in [0.2, 0.25) is 0 Å². The van der Waals surface area contributed by atoms with Gasteiger partial charge in [0.05, 0.1) is 10.6 Å². The van der Waals surface area contributed by atoms with Gasteiger partial charge in [-0.25, -0.2) is 0 Å². The predicted octanol–water partition coefficient (Wildman–Crippen LogP) is 4.62. The molecule has 0 aliphatic rings. The highest BCUT2D eigenvalue weighted by Gasteiger charge is 2.16. The van der Waals surface area contributed by atoms with Gasteiger partial charge in [-0.05, 0) is 36.4 Å². The summed E-state index contributed by atoms with van der Waals surface area (Å²) in [5.41, 5.74) is 0.00304. The maximum atomic E-state index is 12.4. The highest BCUT2D eigenvalue weighted by atomic mass is 19.3. The monoisotopic (exact) mass is 404 g/mol. The molecule has 0 aliphatic heterocycles. The predicted molar refractivity (Wildman–Crippen MR) is 97.2 cm³/mol. The van der Waals surface area contributed by atoms with Crippen LogP contribution in [0.2, 0.25) is 0 Å². The topological polar surface area (TPSA) is 104 Å². The number of nitro benzene ring substituents is 1. The van der Waals surface area contributed by atoms with E-state index in [0.717, 1.165) is 0 Å². The van der Waals surface area contributed by atoms with E-state index < -0.39 is 17.4 Å². The quantitative estimate of drug-likeness (QED) is 0.434. The summed E-state index contributed by atoms with van der Waals surface area (Å²) in [4.78, 5) is 22.4. The smallest absolute Gasteiger partial charge is 0.387 e. The Morgan fingerprint density at radius 3 is 2.52 bits per heavy atom. The molecule has 0 saturated heterocycles. The molecule has 0 atom stereocenters. The lowest BCUT2D eigenvalue weighted by Crippen LogP contribution is -2.13. The zero-order valence-corrected chi connectivity index (χ0v) is 14.7. The molecule has 8 nitrogen and oxygen atoms in total. The van der Waals surface area contributed by atoms with Crippen molar-refractivity contribution in [3.63, 3.8) is 0 Å². The first-order valence-electron chi connectivity index (χ1n) is 8.23. The lowest BCUT2D eigenvalue weighted by molar-refractivity contribution is -0.384. The summed E-state index contributed by atoms with van der Waals surface area (Å²) in [6, 6.07) is 14.2. The van der Waals surface area contributed by atoms with Crippen molar-refractivity contribution in [2.75, 3.05) is 5.32 Å². The van der Waals surface area contributed by atoms with Crippen molar-refractivity contribution in [2.24, 2.45) is 0 Å². The van der Waals surface area contributed by atoms with Gasteiger partial charge in [-0.1, -0.05) is 12.1 Å². The van der Waals surface area contributed by atoms with Crippen LogP contribution in [0, 0.1) is 10.1 Å². The van der Waals surface area contributed by atoms with Crippen LogP contribution < -0.4 is 14.8 Å². The average molecular weight is 404 g/mol. The van der Waals surface area contributed by atoms with Crippen LogP contribution in [0.1, 0.15) is 16.3 Å². The molecule has 0 unspecified atom stereocenters. The second-order valence-electron chi connectivity index (χ2n) is 5.63. The van der Waals surface area contributed by atoms with Crippen LogP contribution in [0.15, 0.2) is 65.1 Å². The molecule has 1 aromatic heterocycles. The lowest BCUT2D eigenvalue weighted by Gasteiger charge is -2.10. The van der Waals surface area contributed by atoms with E-state index in [-0.39, 0.29) is 29.5 Å². The number of furan rings is 1. The highest BCUT2D eigenvalue weighted by molar-refractivity contribution is 6.03. The number of para-hydroxylation sites is 2. The van der Waals surface area contributed by atoms with Gasteiger partial charge in [-0.15, -0.1) is 0 Å². The molecule has 29 heavy (non-hydrogen) atoms. The van der Waals surface area contributed by atoms with Crippen molar-refractivity contribution >= 4 is 17.3 Å². The van der Waals surface area contributed by atoms with Gasteiger partial charge in [0.25, 0.3) is 11.6 Å². The number of nitrogens with zero attached hydrogens (tertiary/aromatic N) is 1. The van der Waals surface area contributed by atoms with Crippen LogP contribution >= 0.6 is 0 Å². The third kappa shape index (κ3) is 5.28. The summed E-state index contributed by atoms with van der Waals surface area (Å²) >= 11 is 0. The van der Waals surface area contributed by atoms with E-state index in [4.69, 9.17) is 9.15 Å². The van der Waals surface area contributed by atoms with Gasteiger partial charge in [0.15, 0.2) is 5.76 Å². The fourth-order valence-electron chi connectivity index (χ4n) is 2.35. The molecular formula is C19H14F2N2O6. The summed E-state index contributed by atoms with van der Waals surface area (Å²) in [7, 11) is 0. The van der Waals surface area contributed by atoms with Crippen LogP contribution in [0.5, 0.6) is 11.5 Å². The minimum absolute atomic E-state index is 0.0177. The van der Waals surface area contributed by atoms with Crippen LogP contribution in [-0.2, 0) is 6.61 Å². The molecule has 0 saturated carbocycles. The number of halogens is 2. The molecule has 3 rings (SSSR count). The molecule has 3 aromatic rings. The number of ether oxygens (including phenoxy) is 2. The summed E-state index contributed by atoms with van der Waals surface area (Å²) in [5.74, 6) is -0.179. The van der Waals surface area contributed by atoms with E-state index in [1.807, 2.05) is 0 Å². The standard InChI is InChI=1S/C19H14F2N2O6/c20-19(21)29-16-4-2-1-3-15(16)22-18(24)17-10-9-14(28-17)11-27-13-7-5-12(6-8-13)23(25)26/h1-10,19H,11H2,(H,22,24). The Bertz CT molecular complexity index is 1000. The SMILES string of the molecule is O=C(Nc1ccccc1OC(F)F)c1ccc(COc2ccc([N+](=O)[O-])cc2)o1. The van der Waals surface area contributed by atoms with Gasteiger partial charge < -0.3 is 19.2 Å². The van der Waals surface area contributed by atoms with E-state index in [1.165, 1.54) is 54.6 Å². The summed E-state index contributed by atoms with van der Waals surface area (Å²) in [5, 5.41) is 13.1. The van der Waals surface area contributed by atoms with Crippen molar-refractivity contribution in [3.05, 3.63) is 82.3 Å². The number of alkyl halides is 2. The van der Waals surface area contributed by atoms with E-state index in [1.54, 1.807) is 6.07 Å². The molecular weight excluding hydrogens is 390 g/mol. The van der Waals surface area contributed by atoms with Crippen molar-refractivity contribution in [2.45, 2.75) is 13.2 Å². The first-order valence-corrected chi connectivity index (χ1v) is 8.23. The largest absolute Gasteiger partial charge is 0.486 e. The van der Waals surface area contributed by atoms with Crippen LogP contribution in [0.4, 0.5) is 20.2 Å². The van der Waals surface area contributed by atoms with E-state index in [9.17, 15) is 23.7 Å². The Morgan fingerprint density at radius 1 is 1.10 bits per heavy atom. The number of amides is 1. The minimum Gasteiger partial charge on any atom is -0.486 e. The summed E-state index contributed by atoms with van der Waals surface area (Å²) < 4.78 is 40.1. The van der Waals surface area contributed by atoms with Gasteiger partial charge in [0.1, 0.15) is 23.9 Å². The fraction of sp³-hybridized carbons (Fsp3) is 0.105. The molecule has 0 bridgehead atoms. The number of non-ortho nitro benzene ring substituents is 1. The first-order chi connectivity index (χ1) is 13.9. The number of anilines is 1. The molecule has 0 fully saturated rings. The maximum Gasteiger partial charge on any atom is 0.387 e. The molecule has 150 valence electrons. The zero-order chi connectivity index (χ0) is 20.8. The number of rotatable bonds is 8. The first kappa shape index (κ1) is 19.8. The average Bonchev–Trinajstić information content (AvgIpc) is 3.17. The highest BCUT2D eigenvalue weighted by Crippen LogP contribution is 2.26. The molecule has 1 amide bonds. The van der Waals surface area contributed by atoms with Crippen molar-refractivity contribution in [1.29, 1.82) is 0 Å². The second kappa shape index (κ2) is 8.83. The van der Waals surface area contributed by atoms with Crippen LogP contribution in [0.3, 0.4) is 0 Å². The number of hydrogen-bond acceptors (Lipinski definition) is 6. The Hall–Kier alpha value is -3.95. The molecule has 1 N–H and O–H groups in total. The Balaban J connectivity index is 1.61. The van der Waals surface area contributed by atoms with Gasteiger partial charge >= 0.3 is 6.61 Å². The van der Waals surface area contributed by atoms with Crippen LogP contribution in [-0.4, -0.2) is 17.4 Å². The van der Waals surface area contributed by atoms with Crippen molar-refractivity contribution < 1.29 is 32.4 Å². The lowest BCUT2D eigenvalue weighted by atomic mass is 10.3. The normalized spacial score (nSPS) is 10.6. The fourth-order valence-corrected chi connectivity index (χ4v) is 2.35. The molecule has 10 heteroatoms. The van der Waals surface area contributed by atoms with Gasteiger partial charge in [-0.2, -0.15) is 8.78 Å². The van der Waals surface area contributed by atoms with Gasteiger partial charge in [0, 0.05) is 12.1 Å². The molecule has 0 radical (unpaired) electrons. The molecule has 0 spiro atoms. The number of carbonyl (C=O) groups is 1. The summed E-state index contributed by atoms with van der Waals surface area (Å²) in [6.45, 7) is -3.05.